The van der Waals surface area contributed by atoms with Crippen molar-refractivity contribution in [2.75, 3.05) is 6.54 Å². The van der Waals surface area contributed by atoms with E-state index in [0.717, 1.165) is 13.0 Å². The van der Waals surface area contributed by atoms with Crippen LogP contribution in [0.5, 0.6) is 0 Å². The number of halogens is 3. The Morgan fingerprint density at radius 2 is 2.24 bits per heavy atom. The van der Waals surface area contributed by atoms with Crippen LogP contribution in [0.3, 0.4) is 0 Å². The quantitative estimate of drug-likeness (QED) is 0.823. The molecule has 0 bridgehead atoms. The van der Waals surface area contributed by atoms with Crippen molar-refractivity contribution in [2.45, 2.75) is 31.5 Å². The van der Waals surface area contributed by atoms with E-state index in [4.69, 9.17) is 0 Å². The van der Waals surface area contributed by atoms with E-state index in [0.29, 0.717) is 22.3 Å². The Balaban J connectivity index is 1.77. The minimum Gasteiger partial charge on any atom is -0.314 e. The van der Waals surface area contributed by atoms with Crippen LogP contribution in [0.2, 0.25) is 0 Å². The van der Waals surface area contributed by atoms with Crippen molar-refractivity contribution in [3.8, 4) is 0 Å². The molecule has 0 radical (unpaired) electrons. The van der Waals surface area contributed by atoms with Crippen molar-refractivity contribution in [2.24, 2.45) is 0 Å². The Kier molecular flexibility index (Phi) is 3.83. The molecule has 1 aromatic rings. The zero-order chi connectivity index (χ0) is 12.3. The number of aromatic nitrogens is 1. The number of nitrogens with one attached hydrogen (secondary N) is 1. The lowest BCUT2D eigenvalue weighted by Crippen LogP contribution is -2.16. The fourth-order valence-corrected chi connectivity index (χ4v) is 2.07. The minimum absolute atomic E-state index is 0.545. The van der Waals surface area contributed by atoms with Crippen LogP contribution in [0.1, 0.15) is 29.1 Å². The predicted octanol–water partition coefficient (Wildman–Crippen LogP) is 3.32. The van der Waals surface area contributed by atoms with Crippen molar-refractivity contribution in [1.29, 1.82) is 0 Å². The first-order valence-electron chi connectivity index (χ1n) is 5.48. The maximum atomic E-state index is 12.3. The molecule has 2 nitrogen and oxygen atoms in total. The molecule has 0 aromatic carbocycles. The predicted molar refractivity (Wildman–Crippen MR) is 61.8 cm³/mol. The van der Waals surface area contributed by atoms with Crippen molar-refractivity contribution >= 4 is 17.4 Å². The molecule has 1 aliphatic carbocycles. The molecule has 6 heteroatoms. The molecule has 2 rings (SSSR count). The zero-order valence-electron chi connectivity index (χ0n) is 9.13. The van der Waals surface area contributed by atoms with Gasteiger partial charge in [-0.05, 0) is 31.9 Å². The molecular formula is C11H13F3N2S. The van der Waals surface area contributed by atoms with Gasteiger partial charge in [0, 0.05) is 17.1 Å². The van der Waals surface area contributed by atoms with Crippen molar-refractivity contribution < 1.29 is 13.2 Å². The fraction of sp³-hybridized carbons (Fsp3) is 0.545. The minimum atomic E-state index is -4.33. The standard InChI is InChI=1S/C11H13F3N2S/c12-11(13,14)10-16-7-9(17-10)3-1-2-6-15-8-4-5-8/h1,3,7-8,15H,2,4-6H2/b3-1+. The number of rotatable bonds is 5. The summed E-state index contributed by atoms with van der Waals surface area (Å²) in [5.74, 6) is 0. The molecule has 1 saturated carbocycles. The molecule has 0 unspecified atom stereocenters. The molecule has 0 amide bonds. The lowest BCUT2D eigenvalue weighted by atomic mass is 10.3. The van der Waals surface area contributed by atoms with E-state index in [1.807, 2.05) is 6.08 Å². The van der Waals surface area contributed by atoms with Gasteiger partial charge >= 0.3 is 6.18 Å². The molecule has 94 valence electrons. The van der Waals surface area contributed by atoms with E-state index in [2.05, 4.69) is 10.3 Å². The van der Waals surface area contributed by atoms with Crippen molar-refractivity contribution in [3.63, 3.8) is 0 Å². The lowest BCUT2D eigenvalue weighted by molar-refractivity contribution is -0.137. The van der Waals surface area contributed by atoms with Gasteiger partial charge in [-0.2, -0.15) is 13.2 Å². The Bertz CT molecular complexity index is 394. The van der Waals surface area contributed by atoms with E-state index in [1.54, 1.807) is 6.08 Å². The Hall–Kier alpha value is -0.880. The van der Waals surface area contributed by atoms with Gasteiger partial charge in [-0.25, -0.2) is 4.98 Å². The summed E-state index contributed by atoms with van der Waals surface area (Å²) < 4.78 is 36.8. The molecule has 1 aliphatic rings. The van der Waals surface area contributed by atoms with E-state index in [9.17, 15) is 13.2 Å². The number of hydrogen-bond acceptors (Lipinski definition) is 3. The van der Waals surface area contributed by atoms with Crippen LogP contribution < -0.4 is 5.32 Å². The molecule has 1 N–H and O–H groups in total. The summed E-state index contributed by atoms with van der Waals surface area (Å²) >= 11 is 0.673. The van der Waals surface area contributed by atoms with E-state index >= 15 is 0 Å². The van der Waals surface area contributed by atoms with Crippen molar-refractivity contribution in [3.05, 3.63) is 22.2 Å². The summed E-state index contributed by atoms with van der Waals surface area (Å²) in [6.45, 7) is 0.881. The lowest BCUT2D eigenvalue weighted by Gasteiger charge is -1.98. The summed E-state index contributed by atoms with van der Waals surface area (Å²) in [7, 11) is 0. The van der Waals surface area contributed by atoms with Gasteiger partial charge in [-0.3, -0.25) is 0 Å². The fourth-order valence-electron chi connectivity index (χ4n) is 1.35. The topological polar surface area (TPSA) is 24.9 Å². The molecule has 17 heavy (non-hydrogen) atoms. The third-order valence-corrected chi connectivity index (χ3v) is 3.38. The molecule has 0 atom stereocenters. The molecule has 0 aliphatic heterocycles. The second-order valence-corrected chi connectivity index (χ2v) is 5.05. The average molecular weight is 262 g/mol. The van der Waals surface area contributed by atoms with Gasteiger partial charge in [-0.1, -0.05) is 6.08 Å². The van der Waals surface area contributed by atoms with Gasteiger partial charge in [-0.15, -0.1) is 11.3 Å². The van der Waals surface area contributed by atoms with Gasteiger partial charge in [0.1, 0.15) is 0 Å². The van der Waals surface area contributed by atoms with Crippen LogP contribution in [-0.4, -0.2) is 17.6 Å². The number of hydrogen-bond donors (Lipinski definition) is 1. The van der Waals surface area contributed by atoms with E-state index in [1.165, 1.54) is 19.0 Å². The second-order valence-electron chi connectivity index (χ2n) is 3.98. The Morgan fingerprint density at radius 3 is 2.82 bits per heavy atom. The van der Waals surface area contributed by atoms with E-state index in [-0.39, 0.29) is 0 Å². The van der Waals surface area contributed by atoms with Gasteiger partial charge in [0.15, 0.2) is 5.01 Å². The molecule has 1 aromatic heterocycles. The summed E-state index contributed by atoms with van der Waals surface area (Å²) in [4.78, 5) is 3.90. The first kappa shape index (κ1) is 12.6. The van der Waals surface area contributed by atoms with Crippen LogP contribution in [0.4, 0.5) is 13.2 Å². The van der Waals surface area contributed by atoms with Crippen LogP contribution in [0.25, 0.3) is 6.08 Å². The highest BCUT2D eigenvalue weighted by Gasteiger charge is 2.34. The SMILES string of the molecule is FC(F)(F)c1ncc(/C=C/CCNC2CC2)s1. The highest BCUT2D eigenvalue weighted by molar-refractivity contribution is 7.12. The molecular weight excluding hydrogens is 249 g/mol. The van der Waals surface area contributed by atoms with Gasteiger partial charge in [0.05, 0.1) is 0 Å². The second kappa shape index (κ2) is 5.18. The number of nitrogens with zero attached hydrogens (tertiary/aromatic N) is 1. The van der Waals surface area contributed by atoms with Gasteiger partial charge in [0.25, 0.3) is 0 Å². The van der Waals surface area contributed by atoms with Crippen LogP contribution >= 0.6 is 11.3 Å². The number of thiazole rings is 1. The Labute approximate surface area is 102 Å². The van der Waals surface area contributed by atoms with Crippen LogP contribution in [-0.2, 0) is 6.18 Å². The average Bonchev–Trinajstić information content (AvgIpc) is 2.92. The first-order valence-corrected chi connectivity index (χ1v) is 6.30. The normalized spacial score (nSPS) is 16.9. The van der Waals surface area contributed by atoms with Crippen LogP contribution in [0, 0.1) is 0 Å². The number of alkyl halides is 3. The van der Waals surface area contributed by atoms with Gasteiger partial charge < -0.3 is 5.32 Å². The van der Waals surface area contributed by atoms with Crippen LogP contribution in [0.15, 0.2) is 12.3 Å². The summed E-state index contributed by atoms with van der Waals surface area (Å²) in [5, 5.41) is 2.54. The van der Waals surface area contributed by atoms with Crippen molar-refractivity contribution in [1.82, 2.24) is 10.3 Å². The maximum absolute atomic E-state index is 12.3. The maximum Gasteiger partial charge on any atom is 0.443 e. The summed E-state index contributed by atoms with van der Waals surface area (Å²) in [6.07, 6.45) is 3.82. The molecule has 0 spiro atoms. The smallest absolute Gasteiger partial charge is 0.314 e. The third-order valence-electron chi connectivity index (χ3n) is 2.37. The van der Waals surface area contributed by atoms with Gasteiger partial charge in [0.2, 0.25) is 0 Å². The first-order chi connectivity index (χ1) is 8.05. The molecule has 0 saturated heterocycles. The highest BCUT2D eigenvalue weighted by atomic mass is 32.1. The largest absolute Gasteiger partial charge is 0.443 e. The molecule has 1 fully saturated rings. The summed E-state index contributed by atoms with van der Waals surface area (Å²) in [6, 6.07) is 0.670. The summed E-state index contributed by atoms with van der Waals surface area (Å²) in [5.41, 5.74) is 0. The van der Waals surface area contributed by atoms with E-state index < -0.39 is 11.2 Å². The molecule has 1 heterocycles. The third kappa shape index (κ3) is 4.12. The monoisotopic (exact) mass is 262 g/mol. The highest BCUT2D eigenvalue weighted by Crippen LogP contribution is 2.32. The Morgan fingerprint density at radius 1 is 1.47 bits per heavy atom. The zero-order valence-corrected chi connectivity index (χ0v) is 9.94.